The molecule has 0 radical (unpaired) electrons. The lowest BCUT2D eigenvalue weighted by molar-refractivity contribution is -0.141. The van der Waals surface area contributed by atoms with Gasteiger partial charge in [0.15, 0.2) is 5.96 Å². The molecule has 612 valence electrons. The number of carbonyl (C=O) groups excluding carboxylic acids is 13. The average Bonchev–Trinajstić information content (AvgIpc) is 1.66. The molecule has 4 rings (SSSR count). The Kier molecular flexibility index (Phi) is 42.3. The number of nitrogens with two attached hydrogens (primary N) is 6. The van der Waals surface area contributed by atoms with E-state index in [2.05, 4.69) is 79.4 Å². The number of aliphatic imine (C=N–C) groups is 1. The quantitative estimate of drug-likeness (QED) is 0.00963. The Morgan fingerprint density at radius 2 is 1.25 bits per heavy atom. The molecule has 2 saturated heterocycles. The Morgan fingerprint density at radius 3 is 1.90 bits per heavy atom. The molecule has 0 aromatic heterocycles. The predicted molar refractivity (Wildman–Crippen MR) is 411 cm³/mol. The Morgan fingerprint density at radius 1 is 0.627 bits per heavy atom. The van der Waals surface area contributed by atoms with Gasteiger partial charge in [-0.1, -0.05) is 55.8 Å². The minimum atomic E-state index is -1.65. The molecule has 38 nitrogen and oxygen atoms in total. The maximum Gasteiger partial charge on any atom is 0.305 e. The number of carbonyl (C=O) groups is 14. The zero-order valence-corrected chi connectivity index (χ0v) is 63.8. The number of phenolic OH excluding ortho intramolecular Hbond substituents is 1. The van der Waals surface area contributed by atoms with Gasteiger partial charge in [0.05, 0.1) is 23.8 Å². The highest BCUT2D eigenvalue weighted by Crippen LogP contribution is 2.26. The maximum atomic E-state index is 14.2. The first-order chi connectivity index (χ1) is 52.5. The first kappa shape index (κ1) is 92.7. The SMILES string of the molecule is CCC(=O)N[C@](C)(CN)NCCNCC(CN)(CNCCN)NC(=O)CCCC(=O)NC(Cc1ccc(O)cc1)C(=O)NCCCCCC(=O)NC(CSC1CC(=O)N(CCCNCCCCC2NC(=O)C(Cc3ccccc3)NC(=O)C(CC(=O)O)NC(=O)CNC(=O)C(CCCN=C(N)N)NC2=O)C1=O)C(N)=O. The number of likely N-dealkylation sites (tertiary alicyclic amines) is 1. The van der Waals surface area contributed by atoms with Gasteiger partial charge in [0.25, 0.3) is 0 Å². The fraction of sp³-hybridized carbons (Fsp3) is 0.620. The Balaban J connectivity index is 1.22. The van der Waals surface area contributed by atoms with E-state index < -0.39 is 137 Å². The third-order valence-corrected chi connectivity index (χ3v) is 19.3. The molecule has 0 saturated carbocycles. The molecule has 8 unspecified atom stereocenters. The van der Waals surface area contributed by atoms with Crippen LogP contribution in [0.3, 0.4) is 0 Å². The standard InChI is InChI=1S/C71H116N22O16S/c1-3-55(95)91-70(2,41-73)84-33-32-80-44-71(42-74,43-79-31-26-72)92-58(98)21-12-20-57(97)85-50(36-46-22-24-47(94)25-23-46)64(105)81-29-10-5-8-19-56(96)87-53(62(75)103)40-110-54-38-60(100)93(68(54)109)34-14-28-78-27-11-9-17-49-65(106)88-48(18-13-30-82-69(76)77)63(104)83-39-59(99)86-52(37-61(101)102)67(108)90-51(66(107)89-49)35-45-15-6-4-7-16-45/h4,6-7,15-16,22-25,48-54,78-80,84,94H,3,5,8-14,17-21,26-44,72-74H2,1-2H3,(H2,75,103)(H,81,105)(H,83,104)(H,85,97)(H,86,99)(H,87,96)(H,88,106)(H,89,107)(H,90,108)(H,91,95)(H,92,98)(H,101,102)(H4,76,77,82)/t48?,49?,50?,51?,52?,53?,54?,70-,71?/m1/s1. The van der Waals surface area contributed by atoms with Gasteiger partial charge in [-0.05, 0) is 101 Å². The van der Waals surface area contributed by atoms with Crippen molar-refractivity contribution >= 4 is 100 Å². The first-order valence-corrected chi connectivity index (χ1v) is 38.3. The Hall–Kier alpha value is -9.64. The van der Waals surface area contributed by atoms with Crippen molar-refractivity contribution in [1.82, 2.24) is 79.3 Å². The molecule has 2 fully saturated rings. The lowest BCUT2D eigenvalue weighted by atomic mass is 9.98. The molecule has 28 N–H and O–H groups in total. The van der Waals surface area contributed by atoms with Crippen LogP contribution in [0, 0.1) is 0 Å². The first-order valence-electron chi connectivity index (χ1n) is 37.3. The van der Waals surface area contributed by atoms with Gasteiger partial charge in [-0.25, -0.2) is 0 Å². The lowest BCUT2D eigenvalue weighted by Crippen LogP contribution is -2.65. The second kappa shape index (κ2) is 50.2. The molecule has 2 aliphatic rings. The number of amides is 13. The van der Waals surface area contributed by atoms with Crippen molar-refractivity contribution in [2.24, 2.45) is 39.4 Å². The number of nitrogens with zero attached hydrogens (tertiary/aromatic N) is 2. The number of imide groups is 1. The fourth-order valence-electron chi connectivity index (χ4n) is 11.7. The summed E-state index contributed by atoms with van der Waals surface area (Å²) in [7, 11) is 0. The van der Waals surface area contributed by atoms with Crippen LogP contribution in [0.4, 0.5) is 0 Å². The molecule has 110 heavy (non-hydrogen) atoms. The van der Waals surface area contributed by atoms with Gasteiger partial charge < -0.3 is 114 Å². The van der Waals surface area contributed by atoms with Crippen LogP contribution in [-0.2, 0) is 80.0 Å². The molecule has 0 spiro atoms. The van der Waals surface area contributed by atoms with E-state index in [1.807, 2.05) is 0 Å². The van der Waals surface area contributed by atoms with Gasteiger partial charge in [0.2, 0.25) is 76.8 Å². The highest BCUT2D eigenvalue weighted by Gasteiger charge is 2.40. The van der Waals surface area contributed by atoms with Gasteiger partial charge >= 0.3 is 5.97 Å². The molecule has 13 amide bonds. The minimum absolute atomic E-state index is 0.00298. The summed E-state index contributed by atoms with van der Waals surface area (Å²) in [5.41, 5.74) is 34.0. The minimum Gasteiger partial charge on any atom is -0.508 e. The number of thioether (sulfide) groups is 1. The Labute approximate surface area is 644 Å². The number of primary amides is 1. The van der Waals surface area contributed by atoms with Crippen LogP contribution in [0.15, 0.2) is 59.6 Å². The number of unbranched alkanes of at least 4 members (excludes halogenated alkanes) is 3. The summed E-state index contributed by atoms with van der Waals surface area (Å²) in [5, 5.41) is 58.4. The molecular weight excluding hydrogens is 1450 g/mol. The summed E-state index contributed by atoms with van der Waals surface area (Å²) in [5.74, 6) is -9.64. The second-order valence-electron chi connectivity index (χ2n) is 27.3. The van der Waals surface area contributed by atoms with Crippen molar-refractivity contribution in [1.29, 1.82) is 0 Å². The van der Waals surface area contributed by atoms with Crippen LogP contribution in [0.5, 0.6) is 5.75 Å². The van der Waals surface area contributed by atoms with E-state index in [4.69, 9.17) is 34.4 Å². The van der Waals surface area contributed by atoms with E-state index in [-0.39, 0.29) is 133 Å². The van der Waals surface area contributed by atoms with E-state index in [1.54, 1.807) is 56.3 Å². The number of hydrogen-bond acceptors (Lipinski definition) is 24. The molecule has 2 heterocycles. The number of hydrogen-bond donors (Lipinski definition) is 22. The molecule has 39 heteroatoms. The molecular formula is C71H116N22O16S. The molecule has 2 aliphatic heterocycles. The van der Waals surface area contributed by atoms with Gasteiger partial charge in [-0.15, -0.1) is 11.8 Å². The normalized spacial score (nSPS) is 18.7. The number of carboxylic acid groups (broad SMARTS) is 1. The number of nitrogens with one attached hydrogen (secondary N) is 14. The van der Waals surface area contributed by atoms with E-state index in [1.165, 1.54) is 12.1 Å². The topological polar surface area (TPSA) is 620 Å². The largest absolute Gasteiger partial charge is 0.508 e. The fourth-order valence-corrected chi connectivity index (χ4v) is 12.9. The highest BCUT2D eigenvalue weighted by atomic mass is 32.2. The number of carboxylic acids is 1. The van der Waals surface area contributed by atoms with E-state index in [0.29, 0.717) is 102 Å². The summed E-state index contributed by atoms with van der Waals surface area (Å²) >= 11 is 1.02. The van der Waals surface area contributed by atoms with Crippen LogP contribution in [0.2, 0.25) is 0 Å². The molecule has 2 aromatic rings. The average molecular weight is 1570 g/mol. The third kappa shape index (κ3) is 35.8. The molecule has 9 atom stereocenters. The Bertz CT molecular complexity index is 3380. The number of aromatic hydroxyl groups is 1. The summed E-state index contributed by atoms with van der Waals surface area (Å²) in [6.45, 7) is 6.44. The zero-order chi connectivity index (χ0) is 81.0. The van der Waals surface area contributed by atoms with Gasteiger partial charge in [0.1, 0.15) is 47.7 Å². The second-order valence-corrected chi connectivity index (χ2v) is 28.5. The van der Waals surface area contributed by atoms with Gasteiger partial charge in [-0.3, -0.25) is 82.3 Å². The molecule has 2 aromatic carbocycles. The van der Waals surface area contributed by atoms with Crippen molar-refractivity contribution in [3.8, 4) is 5.75 Å². The number of benzene rings is 2. The number of guanidine groups is 1. The third-order valence-electron chi connectivity index (χ3n) is 18.0. The highest BCUT2D eigenvalue weighted by molar-refractivity contribution is 8.00. The van der Waals surface area contributed by atoms with E-state index in [9.17, 15) is 77.3 Å². The van der Waals surface area contributed by atoms with Crippen LogP contribution in [-0.4, -0.2) is 254 Å². The summed E-state index contributed by atoms with van der Waals surface area (Å²) in [6.07, 6.45) is 1.98. The number of phenols is 1. The van der Waals surface area contributed by atoms with Crippen LogP contribution in [0.25, 0.3) is 0 Å². The van der Waals surface area contributed by atoms with Crippen LogP contribution < -0.4 is 109 Å². The van der Waals surface area contributed by atoms with Crippen molar-refractivity contribution in [3.05, 3.63) is 65.7 Å². The van der Waals surface area contributed by atoms with Crippen molar-refractivity contribution in [2.45, 2.75) is 182 Å². The lowest BCUT2D eigenvalue weighted by Gasteiger charge is -2.35. The van der Waals surface area contributed by atoms with Crippen molar-refractivity contribution < 1.29 is 77.3 Å². The monoisotopic (exact) mass is 1560 g/mol. The van der Waals surface area contributed by atoms with E-state index >= 15 is 0 Å². The van der Waals surface area contributed by atoms with Gasteiger partial charge in [0, 0.05) is 123 Å². The zero-order valence-electron chi connectivity index (χ0n) is 62.9. The van der Waals surface area contributed by atoms with Crippen molar-refractivity contribution in [2.75, 3.05) is 97.4 Å². The van der Waals surface area contributed by atoms with Crippen molar-refractivity contribution in [3.63, 3.8) is 0 Å². The number of rotatable bonds is 51. The predicted octanol–water partition coefficient (Wildman–Crippen LogP) is -6.17. The van der Waals surface area contributed by atoms with Crippen LogP contribution in [0.1, 0.15) is 128 Å². The van der Waals surface area contributed by atoms with Gasteiger partial charge in [-0.2, -0.15) is 0 Å². The molecule has 0 aliphatic carbocycles. The maximum absolute atomic E-state index is 14.2. The van der Waals surface area contributed by atoms with Crippen LogP contribution >= 0.6 is 11.8 Å². The summed E-state index contributed by atoms with van der Waals surface area (Å²) in [6, 6.07) is 7.01. The smallest absolute Gasteiger partial charge is 0.305 e. The number of aliphatic carboxylic acids is 1. The summed E-state index contributed by atoms with van der Waals surface area (Å²) < 4.78 is 0. The molecule has 0 bridgehead atoms. The summed E-state index contributed by atoms with van der Waals surface area (Å²) in [4.78, 5) is 190. The van der Waals surface area contributed by atoms with E-state index in [0.717, 1.165) is 16.7 Å².